The van der Waals surface area contributed by atoms with Gasteiger partial charge in [0.15, 0.2) is 0 Å². The van der Waals surface area contributed by atoms with E-state index in [1.807, 2.05) is 59.6 Å². The number of hydrogen-bond donors (Lipinski definition) is 1. The number of aromatic nitrogens is 1. The maximum absolute atomic E-state index is 12.5. The number of rotatable bonds is 6. The molecule has 144 valence electrons. The van der Waals surface area contributed by atoms with Gasteiger partial charge < -0.3 is 14.6 Å². The van der Waals surface area contributed by atoms with Crippen molar-refractivity contribution in [2.45, 2.75) is 19.3 Å². The van der Waals surface area contributed by atoms with E-state index in [9.17, 15) is 4.79 Å². The van der Waals surface area contributed by atoms with Crippen molar-refractivity contribution in [3.05, 3.63) is 71.4 Å². The molecule has 0 aliphatic carbocycles. The molecule has 0 saturated carbocycles. The highest BCUT2D eigenvalue weighted by Gasteiger charge is 2.19. The smallest absolute Gasteiger partial charge is 0.222 e. The van der Waals surface area contributed by atoms with Crippen LogP contribution in [0.3, 0.4) is 0 Å². The van der Waals surface area contributed by atoms with Crippen molar-refractivity contribution >= 4 is 34.0 Å². The van der Waals surface area contributed by atoms with Gasteiger partial charge in [0.1, 0.15) is 5.75 Å². The lowest BCUT2D eigenvalue weighted by molar-refractivity contribution is -0.131. The van der Waals surface area contributed by atoms with Gasteiger partial charge in [-0.05, 0) is 48.7 Å². The number of fused-ring (bicyclic) bond motifs is 1. The first kappa shape index (κ1) is 18.6. The summed E-state index contributed by atoms with van der Waals surface area (Å²) in [7, 11) is 0. The molecule has 2 heterocycles. The molecule has 0 atom stereocenters. The van der Waals surface area contributed by atoms with Crippen LogP contribution in [0.1, 0.15) is 24.8 Å². The quantitative estimate of drug-likeness (QED) is 0.577. The van der Waals surface area contributed by atoms with Gasteiger partial charge in [-0.1, -0.05) is 35.9 Å². The number of benzene rings is 2. The van der Waals surface area contributed by atoms with Crippen LogP contribution >= 0.6 is 11.6 Å². The molecule has 0 radical (unpaired) electrons. The normalized spacial score (nSPS) is 14.2. The molecule has 2 aromatic carbocycles. The van der Waals surface area contributed by atoms with Gasteiger partial charge in [0.05, 0.1) is 6.61 Å². The van der Waals surface area contributed by atoms with Crippen molar-refractivity contribution in [1.82, 2.24) is 9.88 Å². The number of hydrogen-bond acceptors (Lipinski definition) is 2. The molecule has 0 fully saturated rings. The number of nitrogens with one attached hydrogen (secondary N) is 1. The molecular weight excluding hydrogens is 372 g/mol. The average Bonchev–Trinajstić information content (AvgIpc) is 3.15. The fraction of sp³-hybridized carbons (Fsp3) is 0.261. The fourth-order valence-corrected chi connectivity index (χ4v) is 3.76. The Morgan fingerprint density at radius 2 is 2.04 bits per heavy atom. The third-order valence-corrected chi connectivity index (χ3v) is 5.33. The maximum atomic E-state index is 12.5. The second-order valence-corrected chi connectivity index (χ2v) is 7.41. The SMILES string of the molecule is O=C(CCCOc1ccccc1)N1CC=C(c2c[nH]c3ccc(Cl)cc23)CC1. The Labute approximate surface area is 169 Å². The zero-order chi connectivity index (χ0) is 19.3. The minimum absolute atomic E-state index is 0.189. The second-order valence-electron chi connectivity index (χ2n) is 6.98. The number of amides is 1. The number of ether oxygens (including phenoxy) is 1. The zero-order valence-corrected chi connectivity index (χ0v) is 16.4. The fourth-order valence-electron chi connectivity index (χ4n) is 3.59. The lowest BCUT2D eigenvalue weighted by Gasteiger charge is -2.26. The Balaban J connectivity index is 1.30. The predicted octanol–water partition coefficient (Wildman–Crippen LogP) is 5.30. The molecule has 3 aromatic rings. The number of nitrogens with zero attached hydrogens (tertiary/aromatic N) is 1. The Morgan fingerprint density at radius 3 is 2.82 bits per heavy atom. The first-order chi connectivity index (χ1) is 13.7. The molecule has 28 heavy (non-hydrogen) atoms. The number of carbonyl (C=O) groups excluding carboxylic acids is 1. The monoisotopic (exact) mass is 394 g/mol. The van der Waals surface area contributed by atoms with Crippen LogP contribution in [0.15, 0.2) is 60.8 Å². The zero-order valence-electron chi connectivity index (χ0n) is 15.7. The number of carbonyl (C=O) groups is 1. The highest BCUT2D eigenvalue weighted by Crippen LogP contribution is 2.31. The van der Waals surface area contributed by atoms with Gasteiger partial charge in [-0.15, -0.1) is 0 Å². The van der Waals surface area contributed by atoms with E-state index in [4.69, 9.17) is 16.3 Å². The Morgan fingerprint density at radius 1 is 1.18 bits per heavy atom. The van der Waals surface area contributed by atoms with Crippen molar-refractivity contribution in [1.29, 1.82) is 0 Å². The largest absolute Gasteiger partial charge is 0.494 e. The molecule has 1 aromatic heterocycles. The number of aromatic amines is 1. The summed E-state index contributed by atoms with van der Waals surface area (Å²) < 4.78 is 5.66. The van der Waals surface area contributed by atoms with Crippen LogP contribution in [0.25, 0.3) is 16.5 Å². The van der Waals surface area contributed by atoms with E-state index in [0.29, 0.717) is 19.6 Å². The van der Waals surface area contributed by atoms with Crippen molar-refractivity contribution in [3.8, 4) is 5.75 Å². The molecule has 1 amide bonds. The van der Waals surface area contributed by atoms with Crippen LogP contribution < -0.4 is 4.74 Å². The van der Waals surface area contributed by atoms with Gasteiger partial charge in [0.25, 0.3) is 0 Å². The highest BCUT2D eigenvalue weighted by molar-refractivity contribution is 6.31. The molecule has 1 N–H and O–H groups in total. The lowest BCUT2D eigenvalue weighted by Crippen LogP contribution is -2.34. The van der Waals surface area contributed by atoms with E-state index < -0.39 is 0 Å². The molecule has 4 nitrogen and oxygen atoms in total. The summed E-state index contributed by atoms with van der Waals surface area (Å²) in [6.07, 6.45) is 6.28. The summed E-state index contributed by atoms with van der Waals surface area (Å²) in [5.41, 5.74) is 3.53. The summed E-state index contributed by atoms with van der Waals surface area (Å²) in [5.74, 6) is 1.04. The molecule has 1 aliphatic heterocycles. The lowest BCUT2D eigenvalue weighted by atomic mass is 9.98. The second kappa shape index (κ2) is 8.53. The van der Waals surface area contributed by atoms with E-state index >= 15 is 0 Å². The standard InChI is InChI=1S/C23H23ClN2O2/c24-18-8-9-22-20(15-18)21(16-25-22)17-10-12-26(13-11-17)23(27)7-4-14-28-19-5-2-1-3-6-19/h1-3,5-6,8-10,15-16,25H,4,7,11-14H2. The van der Waals surface area contributed by atoms with Crippen LogP contribution in [-0.4, -0.2) is 35.5 Å². The number of para-hydroxylation sites is 1. The minimum Gasteiger partial charge on any atom is -0.494 e. The first-order valence-electron chi connectivity index (χ1n) is 9.62. The maximum Gasteiger partial charge on any atom is 0.222 e. The van der Waals surface area contributed by atoms with Crippen molar-refractivity contribution in [2.24, 2.45) is 0 Å². The molecule has 5 heteroatoms. The number of halogens is 1. The summed E-state index contributed by atoms with van der Waals surface area (Å²) in [6, 6.07) is 15.6. The van der Waals surface area contributed by atoms with E-state index in [-0.39, 0.29) is 5.91 Å². The summed E-state index contributed by atoms with van der Waals surface area (Å²) in [5, 5.41) is 1.87. The van der Waals surface area contributed by atoms with Gasteiger partial charge >= 0.3 is 0 Å². The van der Waals surface area contributed by atoms with Gasteiger partial charge in [-0.25, -0.2) is 0 Å². The molecule has 1 aliphatic rings. The molecule has 0 spiro atoms. The van der Waals surface area contributed by atoms with Crippen LogP contribution in [0, 0.1) is 0 Å². The van der Waals surface area contributed by atoms with E-state index in [2.05, 4.69) is 11.1 Å². The van der Waals surface area contributed by atoms with E-state index in [0.717, 1.165) is 41.1 Å². The third kappa shape index (κ3) is 4.23. The van der Waals surface area contributed by atoms with Gasteiger partial charge in [0, 0.05) is 47.2 Å². The molecule has 0 unspecified atom stereocenters. The predicted molar refractivity (Wildman–Crippen MR) is 114 cm³/mol. The molecule has 0 bridgehead atoms. The van der Waals surface area contributed by atoms with Crippen LogP contribution in [0.2, 0.25) is 5.02 Å². The van der Waals surface area contributed by atoms with Gasteiger partial charge in [-0.3, -0.25) is 4.79 Å². The minimum atomic E-state index is 0.189. The van der Waals surface area contributed by atoms with E-state index in [1.54, 1.807) is 0 Å². The molecular formula is C23H23ClN2O2. The van der Waals surface area contributed by atoms with Crippen molar-refractivity contribution in [3.63, 3.8) is 0 Å². The van der Waals surface area contributed by atoms with Crippen molar-refractivity contribution in [2.75, 3.05) is 19.7 Å². The third-order valence-electron chi connectivity index (χ3n) is 5.10. The van der Waals surface area contributed by atoms with Gasteiger partial charge in [0.2, 0.25) is 5.91 Å². The Bertz CT molecular complexity index is 994. The molecule has 4 rings (SSSR count). The first-order valence-corrected chi connectivity index (χ1v) is 10.0. The summed E-state index contributed by atoms with van der Waals surface area (Å²) in [6.45, 7) is 1.96. The topological polar surface area (TPSA) is 45.3 Å². The average molecular weight is 395 g/mol. The van der Waals surface area contributed by atoms with Crippen LogP contribution in [0.5, 0.6) is 5.75 Å². The number of H-pyrrole nitrogens is 1. The van der Waals surface area contributed by atoms with E-state index in [1.165, 1.54) is 11.1 Å². The van der Waals surface area contributed by atoms with Crippen molar-refractivity contribution < 1.29 is 9.53 Å². The van der Waals surface area contributed by atoms with Gasteiger partial charge in [-0.2, -0.15) is 0 Å². The van der Waals surface area contributed by atoms with Crippen LogP contribution in [-0.2, 0) is 4.79 Å². The summed E-state index contributed by atoms with van der Waals surface area (Å²) >= 11 is 6.15. The highest BCUT2D eigenvalue weighted by atomic mass is 35.5. The van der Waals surface area contributed by atoms with Crippen LogP contribution in [0.4, 0.5) is 0 Å². The Kier molecular flexibility index (Phi) is 5.68. The Hall–Kier alpha value is -2.72. The molecule has 0 saturated heterocycles. The summed E-state index contributed by atoms with van der Waals surface area (Å²) in [4.78, 5) is 17.7.